The summed E-state index contributed by atoms with van der Waals surface area (Å²) in [6, 6.07) is 8.09. The Balaban J connectivity index is 1.32. The van der Waals surface area contributed by atoms with Crippen molar-refractivity contribution in [1.29, 1.82) is 0 Å². The molecule has 2 fully saturated rings. The lowest BCUT2D eigenvalue weighted by Gasteiger charge is -2.45. The largest absolute Gasteiger partial charge is 0.497 e. The number of amides is 1. The molecule has 0 spiro atoms. The van der Waals surface area contributed by atoms with Gasteiger partial charge in [0.05, 0.1) is 30.6 Å². The number of carbonyl (C=O) groups excluding carboxylic acids is 1. The minimum atomic E-state index is -4.20. The molecule has 12 heteroatoms. The van der Waals surface area contributed by atoms with Gasteiger partial charge in [-0.25, -0.2) is 8.42 Å². The van der Waals surface area contributed by atoms with Crippen LogP contribution in [-0.2, 0) is 10.0 Å². The molecule has 1 unspecified atom stereocenters. The molecule has 0 aliphatic carbocycles. The van der Waals surface area contributed by atoms with Gasteiger partial charge in [-0.2, -0.15) is 9.29 Å². The predicted molar refractivity (Wildman–Crippen MR) is 158 cm³/mol. The number of likely N-dealkylation sites (tertiary alicyclic amines) is 1. The lowest BCUT2D eigenvalue weighted by atomic mass is 9.96. The van der Waals surface area contributed by atoms with Crippen molar-refractivity contribution in [1.82, 2.24) is 18.6 Å². The van der Waals surface area contributed by atoms with Crippen LogP contribution in [0.15, 0.2) is 46.2 Å². The lowest BCUT2D eigenvalue weighted by Crippen LogP contribution is -2.53. The smallest absolute Gasteiger partial charge is 0.272 e. The van der Waals surface area contributed by atoms with Crippen molar-refractivity contribution in [3.63, 3.8) is 0 Å². The van der Waals surface area contributed by atoms with Crippen LogP contribution in [0.1, 0.15) is 74.2 Å². The molecule has 3 aliphatic heterocycles. The van der Waals surface area contributed by atoms with Crippen LogP contribution in [0.3, 0.4) is 0 Å². The number of piperidine rings is 2. The maximum Gasteiger partial charge on any atom is 0.272 e. The number of ether oxygens (including phenoxy) is 2. The first-order valence-corrected chi connectivity index (χ1v) is 16.1. The summed E-state index contributed by atoms with van der Waals surface area (Å²) >= 11 is 0. The van der Waals surface area contributed by atoms with Crippen LogP contribution < -0.4 is 19.9 Å². The number of fused-ring (bicyclic) bond motifs is 2. The maximum absolute atomic E-state index is 13.5. The number of nitrogens with zero attached hydrogens (tertiary/aromatic N) is 5. The van der Waals surface area contributed by atoms with Gasteiger partial charge in [0.2, 0.25) is 5.88 Å². The van der Waals surface area contributed by atoms with E-state index in [1.54, 1.807) is 12.3 Å². The maximum atomic E-state index is 13.5. The van der Waals surface area contributed by atoms with Gasteiger partial charge in [0, 0.05) is 31.9 Å². The molecule has 1 atom stereocenters. The van der Waals surface area contributed by atoms with Gasteiger partial charge in [-0.3, -0.25) is 18.9 Å². The molecule has 0 radical (unpaired) electrons. The highest BCUT2D eigenvalue weighted by atomic mass is 32.2. The van der Waals surface area contributed by atoms with Crippen molar-refractivity contribution in [2.45, 2.75) is 69.4 Å². The number of aromatic nitrogens is 2. The third-order valence-electron chi connectivity index (χ3n) is 8.54. The Bertz CT molecular complexity index is 1680. The first-order valence-electron chi connectivity index (χ1n) is 14.7. The van der Waals surface area contributed by atoms with E-state index in [4.69, 9.17) is 9.47 Å². The number of methoxy groups -OCH3 is 1. The number of carbonyl (C=O) groups is 1. The van der Waals surface area contributed by atoms with Crippen molar-refractivity contribution < 1.29 is 22.7 Å². The molecule has 224 valence electrons. The van der Waals surface area contributed by atoms with E-state index in [-0.39, 0.29) is 34.0 Å². The summed E-state index contributed by atoms with van der Waals surface area (Å²) in [4.78, 5) is 36.0. The number of hydrogen-bond donors (Lipinski definition) is 0. The molecule has 11 nitrogen and oxygen atoms in total. The molecule has 1 aromatic carbocycles. The molecule has 5 heterocycles. The molecule has 1 amide bonds. The van der Waals surface area contributed by atoms with E-state index in [0.29, 0.717) is 21.3 Å². The highest BCUT2D eigenvalue weighted by molar-refractivity contribution is 7.90. The predicted octanol–water partition coefficient (Wildman–Crippen LogP) is 3.81. The normalized spacial score (nSPS) is 20.8. The minimum Gasteiger partial charge on any atom is -0.497 e. The first kappa shape index (κ1) is 28.5. The fraction of sp³-hybridized carbons (Fsp3) is 0.500. The SMILES string of the molecule is COc1cc(C(C)C)c2c(c1)S(=O)(=O)N(COc1cc(=O)n3cccc(N4CCCCC4N4CCCCC4)c3n1)C2=O. The average Bonchev–Trinajstić information content (AvgIpc) is 3.19. The van der Waals surface area contributed by atoms with E-state index in [1.807, 2.05) is 26.0 Å². The van der Waals surface area contributed by atoms with Crippen LogP contribution in [0.2, 0.25) is 0 Å². The number of pyridine rings is 1. The van der Waals surface area contributed by atoms with E-state index in [2.05, 4.69) is 14.8 Å². The summed E-state index contributed by atoms with van der Waals surface area (Å²) in [7, 11) is -2.75. The summed E-state index contributed by atoms with van der Waals surface area (Å²) < 4.78 is 40.2. The van der Waals surface area contributed by atoms with E-state index in [9.17, 15) is 18.0 Å². The van der Waals surface area contributed by atoms with E-state index in [0.717, 1.165) is 44.6 Å². The molecule has 0 bridgehead atoms. The second-order valence-electron chi connectivity index (χ2n) is 11.5. The van der Waals surface area contributed by atoms with Crippen LogP contribution in [0.25, 0.3) is 5.65 Å². The molecule has 2 saturated heterocycles. The average molecular weight is 596 g/mol. The van der Waals surface area contributed by atoms with E-state index < -0.39 is 22.7 Å². The zero-order valence-corrected chi connectivity index (χ0v) is 25.1. The topological polar surface area (TPSA) is 114 Å². The molecule has 42 heavy (non-hydrogen) atoms. The van der Waals surface area contributed by atoms with Gasteiger partial charge in [-0.1, -0.05) is 20.3 Å². The van der Waals surface area contributed by atoms with Crippen LogP contribution in [0.5, 0.6) is 11.6 Å². The van der Waals surface area contributed by atoms with E-state index in [1.165, 1.54) is 42.9 Å². The Morgan fingerprint density at radius 1 is 1.02 bits per heavy atom. The molecular weight excluding hydrogens is 558 g/mol. The fourth-order valence-electron chi connectivity index (χ4n) is 6.40. The van der Waals surface area contributed by atoms with Gasteiger partial charge in [0.1, 0.15) is 10.6 Å². The second kappa shape index (κ2) is 11.2. The number of anilines is 1. The van der Waals surface area contributed by atoms with Gasteiger partial charge in [-0.05, 0) is 61.8 Å². The summed E-state index contributed by atoms with van der Waals surface area (Å²) in [5, 5.41) is 0. The Morgan fingerprint density at radius 2 is 1.79 bits per heavy atom. The standard InChI is InChI=1S/C30H37N5O6S/c1-20(2)22-16-21(40-3)17-24-28(22)30(37)35(42(24,38)39)19-41-25-18-27(36)34-15-9-10-23(29(34)31-25)33-14-8-5-11-26(33)32-12-6-4-7-13-32/h9-10,15-18,20,26H,4-8,11-14,19H2,1-3H3. The molecule has 0 N–H and O–H groups in total. The van der Waals surface area contributed by atoms with Gasteiger partial charge in [-0.15, -0.1) is 0 Å². The molecule has 3 aromatic rings. The van der Waals surface area contributed by atoms with Crippen molar-refractivity contribution in [3.05, 3.63) is 58.0 Å². The van der Waals surface area contributed by atoms with Gasteiger partial charge < -0.3 is 14.4 Å². The molecule has 3 aliphatic rings. The van der Waals surface area contributed by atoms with Crippen LogP contribution in [-0.4, -0.2) is 72.6 Å². The molecular formula is C30H37N5O6S. The lowest BCUT2D eigenvalue weighted by molar-refractivity contribution is 0.0785. The Hall–Kier alpha value is -3.64. The summed E-state index contributed by atoms with van der Waals surface area (Å²) in [5.41, 5.74) is 1.62. The molecule has 2 aromatic heterocycles. The number of hydrogen-bond acceptors (Lipinski definition) is 9. The first-order chi connectivity index (χ1) is 20.2. The van der Waals surface area contributed by atoms with Gasteiger partial charge in [0.15, 0.2) is 12.4 Å². The minimum absolute atomic E-state index is 0.0420. The fourth-order valence-corrected chi connectivity index (χ4v) is 7.87. The van der Waals surface area contributed by atoms with Gasteiger partial charge in [0.25, 0.3) is 21.5 Å². The highest BCUT2D eigenvalue weighted by Crippen LogP contribution is 2.39. The van der Waals surface area contributed by atoms with Crippen molar-refractivity contribution >= 4 is 27.3 Å². The molecule has 0 saturated carbocycles. The number of benzene rings is 1. The summed E-state index contributed by atoms with van der Waals surface area (Å²) in [5.74, 6) is -0.473. The Labute approximate surface area is 245 Å². The Morgan fingerprint density at radius 3 is 2.52 bits per heavy atom. The molecule has 6 rings (SSSR count). The van der Waals surface area contributed by atoms with Crippen molar-refractivity contribution in [3.8, 4) is 11.6 Å². The third kappa shape index (κ3) is 4.90. The zero-order valence-electron chi connectivity index (χ0n) is 24.3. The van der Waals surface area contributed by atoms with Crippen molar-refractivity contribution in [2.24, 2.45) is 0 Å². The van der Waals surface area contributed by atoms with Crippen LogP contribution in [0.4, 0.5) is 5.69 Å². The van der Waals surface area contributed by atoms with E-state index >= 15 is 0 Å². The Kier molecular flexibility index (Phi) is 7.61. The second-order valence-corrected chi connectivity index (χ2v) is 13.3. The summed E-state index contributed by atoms with van der Waals surface area (Å²) in [6.07, 6.45) is 8.75. The summed E-state index contributed by atoms with van der Waals surface area (Å²) in [6.45, 7) is 6.12. The van der Waals surface area contributed by atoms with Crippen LogP contribution >= 0.6 is 0 Å². The zero-order chi connectivity index (χ0) is 29.6. The highest BCUT2D eigenvalue weighted by Gasteiger charge is 2.44. The van der Waals surface area contributed by atoms with Gasteiger partial charge >= 0.3 is 0 Å². The quantitative estimate of drug-likeness (QED) is 0.402. The third-order valence-corrected chi connectivity index (χ3v) is 10.3. The monoisotopic (exact) mass is 595 g/mol. The number of sulfonamides is 1. The van der Waals surface area contributed by atoms with Crippen LogP contribution in [0, 0.1) is 0 Å². The van der Waals surface area contributed by atoms with Crippen molar-refractivity contribution in [2.75, 3.05) is 38.4 Å². The number of rotatable bonds is 7.